The first kappa shape index (κ1) is 17.9. The Kier molecular flexibility index (Phi) is 4.56. The molecule has 146 valence electrons. The maximum Gasteiger partial charge on any atom is 0.264 e. The summed E-state index contributed by atoms with van der Waals surface area (Å²) in [7, 11) is 1.66. The van der Waals surface area contributed by atoms with Gasteiger partial charge in [-0.3, -0.25) is 4.79 Å². The number of hydrogen-bond donors (Lipinski definition) is 0. The Morgan fingerprint density at radius 2 is 2.00 bits per heavy atom. The lowest BCUT2D eigenvalue weighted by Crippen LogP contribution is -2.30. The Hall–Kier alpha value is -3.12. The molecule has 29 heavy (non-hydrogen) atoms. The number of rotatable bonds is 4. The van der Waals surface area contributed by atoms with Gasteiger partial charge in [0.2, 0.25) is 5.89 Å². The molecule has 1 amide bonds. The molecule has 0 radical (unpaired) electrons. The van der Waals surface area contributed by atoms with Crippen molar-refractivity contribution in [1.82, 2.24) is 9.88 Å². The molecule has 0 saturated carbocycles. The van der Waals surface area contributed by atoms with Crippen molar-refractivity contribution >= 4 is 28.3 Å². The van der Waals surface area contributed by atoms with Crippen molar-refractivity contribution in [3.8, 4) is 16.9 Å². The molecule has 1 aliphatic heterocycles. The van der Waals surface area contributed by atoms with Crippen LogP contribution in [0.1, 0.15) is 34.4 Å². The topological polar surface area (TPSA) is 55.6 Å². The minimum Gasteiger partial charge on any atom is -0.497 e. The number of carbonyl (C=O) groups is 1. The van der Waals surface area contributed by atoms with Crippen LogP contribution in [0.2, 0.25) is 0 Å². The third-order valence-electron chi connectivity index (χ3n) is 5.36. The minimum atomic E-state index is -0.110. The van der Waals surface area contributed by atoms with Crippen molar-refractivity contribution in [3.63, 3.8) is 0 Å². The predicted molar refractivity (Wildman–Crippen MR) is 113 cm³/mol. The van der Waals surface area contributed by atoms with Crippen molar-refractivity contribution < 1.29 is 13.9 Å². The monoisotopic (exact) mass is 404 g/mol. The molecule has 2 aromatic heterocycles. The van der Waals surface area contributed by atoms with Gasteiger partial charge >= 0.3 is 0 Å². The van der Waals surface area contributed by atoms with Crippen molar-refractivity contribution in [2.24, 2.45) is 0 Å². The highest BCUT2D eigenvalue weighted by molar-refractivity contribution is 7.12. The molecule has 0 aliphatic carbocycles. The van der Waals surface area contributed by atoms with Gasteiger partial charge in [-0.2, -0.15) is 0 Å². The minimum absolute atomic E-state index is 0.0590. The lowest BCUT2D eigenvalue weighted by Gasteiger charge is -2.21. The predicted octanol–water partition coefficient (Wildman–Crippen LogP) is 5.54. The van der Waals surface area contributed by atoms with E-state index in [1.54, 1.807) is 7.11 Å². The maximum absolute atomic E-state index is 12.9. The van der Waals surface area contributed by atoms with Gasteiger partial charge in [-0.1, -0.05) is 24.3 Å². The number of nitrogens with zero attached hydrogens (tertiary/aromatic N) is 2. The van der Waals surface area contributed by atoms with Crippen LogP contribution in [0.15, 0.2) is 64.4 Å². The van der Waals surface area contributed by atoms with E-state index in [4.69, 9.17) is 14.1 Å². The van der Waals surface area contributed by atoms with Crippen molar-refractivity contribution in [2.75, 3.05) is 13.7 Å². The first-order valence-corrected chi connectivity index (χ1v) is 10.5. The summed E-state index contributed by atoms with van der Waals surface area (Å²) in [4.78, 5) is 20.3. The van der Waals surface area contributed by atoms with E-state index in [1.807, 2.05) is 64.9 Å². The van der Waals surface area contributed by atoms with Crippen LogP contribution in [0.4, 0.5) is 0 Å². The Bertz CT molecular complexity index is 1150. The van der Waals surface area contributed by atoms with Gasteiger partial charge in [0.15, 0.2) is 5.58 Å². The normalized spacial score (nSPS) is 16.4. The number of oxazole rings is 1. The van der Waals surface area contributed by atoms with E-state index in [1.165, 1.54) is 11.3 Å². The summed E-state index contributed by atoms with van der Waals surface area (Å²) < 4.78 is 11.3. The smallest absolute Gasteiger partial charge is 0.264 e. The van der Waals surface area contributed by atoms with Crippen LogP contribution >= 0.6 is 11.3 Å². The number of thiophene rings is 1. The molecule has 2 aromatic carbocycles. The van der Waals surface area contributed by atoms with Gasteiger partial charge in [-0.15, -0.1) is 11.3 Å². The molecule has 0 N–H and O–H groups in total. The van der Waals surface area contributed by atoms with Gasteiger partial charge in [0.1, 0.15) is 17.3 Å². The lowest BCUT2D eigenvalue weighted by molar-refractivity contribution is 0.0722. The van der Waals surface area contributed by atoms with Crippen LogP contribution in [0.3, 0.4) is 0 Å². The average Bonchev–Trinajstić information content (AvgIpc) is 3.52. The van der Waals surface area contributed by atoms with E-state index in [2.05, 4.69) is 0 Å². The number of ether oxygens (including phenoxy) is 1. The molecule has 3 heterocycles. The Morgan fingerprint density at radius 3 is 2.76 bits per heavy atom. The first-order valence-electron chi connectivity index (χ1n) is 9.62. The summed E-state index contributed by atoms with van der Waals surface area (Å²) in [5, 5.41) is 1.93. The molecule has 1 atom stereocenters. The molecule has 1 saturated heterocycles. The Labute approximate surface area is 172 Å². The Balaban J connectivity index is 1.45. The van der Waals surface area contributed by atoms with Crippen molar-refractivity contribution in [3.05, 3.63) is 70.7 Å². The second-order valence-electron chi connectivity index (χ2n) is 7.10. The number of carbonyl (C=O) groups excluding carboxylic acids is 1. The summed E-state index contributed by atoms with van der Waals surface area (Å²) in [5.41, 5.74) is 3.71. The van der Waals surface area contributed by atoms with Crippen LogP contribution in [-0.2, 0) is 0 Å². The SMILES string of the molecule is COc1ccc(-c2ccc3oc([C@@H]4CCCN4C(=O)c4cccs4)nc3c2)cc1. The van der Waals surface area contributed by atoms with Gasteiger partial charge in [0.05, 0.1) is 12.0 Å². The fraction of sp³-hybridized carbons (Fsp3) is 0.217. The second kappa shape index (κ2) is 7.37. The second-order valence-corrected chi connectivity index (χ2v) is 8.04. The summed E-state index contributed by atoms with van der Waals surface area (Å²) in [6.45, 7) is 0.733. The molecule has 6 heteroatoms. The van der Waals surface area contributed by atoms with Crippen LogP contribution in [0.5, 0.6) is 5.75 Å². The summed E-state index contributed by atoms with van der Waals surface area (Å²) >= 11 is 1.47. The number of fused-ring (bicyclic) bond motifs is 1. The van der Waals surface area contributed by atoms with Crippen LogP contribution < -0.4 is 4.74 Å². The number of methoxy groups -OCH3 is 1. The molecule has 4 aromatic rings. The van der Waals surface area contributed by atoms with Crippen molar-refractivity contribution in [2.45, 2.75) is 18.9 Å². The number of benzene rings is 2. The number of hydrogen-bond acceptors (Lipinski definition) is 5. The van der Waals surface area contributed by atoms with E-state index in [9.17, 15) is 4.79 Å². The van der Waals surface area contributed by atoms with Gasteiger partial charge in [-0.05, 0) is 59.7 Å². The molecule has 5 rings (SSSR count). The van der Waals surface area contributed by atoms with E-state index < -0.39 is 0 Å². The fourth-order valence-electron chi connectivity index (χ4n) is 3.86. The third-order valence-corrected chi connectivity index (χ3v) is 6.22. The molecule has 1 aliphatic rings. The number of aromatic nitrogens is 1. The highest BCUT2D eigenvalue weighted by Gasteiger charge is 2.34. The van der Waals surface area contributed by atoms with Gasteiger partial charge in [0.25, 0.3) is 5.91 Å². The van der Waals surface area contributed by atoms with E-state index in [-0.39, 0.29) is 11.9 Å². The van der Waals surface area contributed by atoms with Crippen LogP contribution in [-0.4, -0.2) is 29.4 Å². The zero-order valence-electron chi connectivity index (χ0n) is 16.0. The van der Waals surface area contributed by atoms with Crippen LogP contribution in [0.25, 0.3) is 22.2 Å². The average molecular weight is 404 g/mol. The summed E-state index contributed by atoms with van der Waals surface area (Å²) in [6.07, 6.45) is 1.83. The highest BCUT2D eigenvalue weighted by atomic mass is 32.1. The first-order chi connectivity index (χ1) is 14.2. The molecule has 0 spiro atoms. The summed E-state index contributed by atoms with van der Waals surface area (Å²) in [6, 6.07) is 17.6. The zero-order chi connectivity index (χ0) is 19.8. The molecule has 5 nitrogen and oxygen atoms in total. The molecule has 0 unspecified atom stereocenters. The third kappa shape index (κ3) is 3.29. The largest absolute Gasteiger partial charge is 0.497 e. The van der Waals surface area contributed by atoms with E-state index >= 15 is 0 Å². The van der Waals surface area contributed by atoms with Gasteiger partial charge < -0.3 is 14.1 Å². The van der Waals surface area contributed by atoms with Crippen LogP contribution in [0, 0.1) is 0 Å². The molecule has 1 fully saturated rings. The molecular weight excluding hydrogens is 384 g/mol. The van der Waals surface area contributed by atoms with Crippen molar-refractivity contribution in [1.29, 1.82) is 0 Å². The standard InChI is InChI=1S/C23H20N2O3S/c1-27-17-9-6-15(7-10-17)16-8-11-20-18(14-16)24-22(28-20)19-4-2-12-25(19)23(26)21-5-3-13-29-21/h3,5-11,13-14,19H,2,4,12H2,1H3/t19-/m0/s1. The number of likely N-dealkylation sites (tertiary alicyclic amines) is 1. The van der Waals surface area contributed by atoms with Gasteiger partial charge in [-0.25, -0.2) is 4.98 Å². The maximum atomic E-state index is 12.9. The summed E-state index contributed by atoms with van der Waals surface area (Å²) in [5.74, 6) is 1.51. The molecule has 0 bridgehead atoms. The highest BCUT2D eigenvalue weighted by Crippen LogP contribution is 2.35. The lowest BCUT2D eigenvalue weighted by atomic mass is 10.1. The van der Waals surface area contributed by atoms with Gasteiger partial charge in [0, 0.05) is 6.54 Å². The zero-order valence-corrected chi connectivity index (χ0v) is 16.8. The van der Waals surface area contributed by atoms with E-state index in [0.717, 1.165) is 52.2 Å². The Morgan fingerprint density at radius 1 is 1.17 bits per heavy atom. The van der Waals surface area contributed by atoms with E-state index in [0.29, 0.717) is 5.89 Å². The molecular formula is C23H20N2O3S. The number of amides is 1. The quantitative estimate of drug-likeness (QED) is 0.448. The fourth-order valence-corrected chi connectivity index (χ4v) is 4.54.